The lowest BCUT2D eigenvalue weighted by Crippen LogP contribution is -2.26. The van der Waals surface area contributed by atoms with Crippen molar-refractivity contribution in [2.75, 3.05) is 26.2 Å². The van der Waals surface area contributed by atoms with Gasteiger partial charge in [0.25, 0.3) is 0 Å². The zero-order chi connectivity index (χ0) is 13.2. The van der Waals surface area contributed by atoms with Crippen LogP contribution in [0.25, 0.3) is 0 Å². The summed E-state index contributed by atoms with van der Waals surface area (Å²) in [6.07, 6.45) is 15.5. The summed E-state index contributed by atoms with van der Waals surface area (Å²) in [6.45, 7) is 11.4. The van der Waals surface area contributed by atoms with E-state index in [9.17, 15) is 0 Å². The molecular formula is C16H28N2. The van der Waals surface area contributed by atoms with E-state index in [1.165, 1.54) is 25.9 Å². The smallest absolute Gasteiger partial charge is 0.0227 e. The fourth-order valence-electron chi connectivity index (χ4n) is 2.04. The summed E-state index contributed by atoms with van der Waals surface area (Å²) >= 11 is 0. The van der Waals surface area contributed by atoms with E-state index in [-0.39, 0.29) is 0 Å². The highest BCUT2D eigenvalue weighted by atomic mass is 15.1. The van der Waals surface area contributed by atoms with Gasteiger partial charge in [-0.1, -0.05) is 31.2 Å². The maximum Gasteiger partial charge on any atom is 0.0227 e. The molecule has 0 aliphatic carbocycles. The maximum atomic E-state index is 2.43. The molecule has 0 aromatic rings. The van der Waals surface area contributed by atoms with Crippen molar-refractivity contribution < 1.29 is 0 Å². The van der Waals surface area contributed by atoms with Crippen molar-refractivity contribution in [3.8, 4) is 0 Å². The second kappa shape index (κ2) is 8.98. The minimum absolute atomic E-state index is 0.635. The minimum atomic E-state index is 0.635. The Balaban J connectivity index is 0.000000184. The van der Waals surface area contributed by atoms with Crippen LogP contribution in [-0.2, 0) is 0 Å². The Kier molecular flexibility index (Phi) is 7.51. The van der Waals surface area contributed by atoms with Crippen LogP contribution in [0, 0.1) is 0 Å². The quantitative estimate of drug-likeness (QED) is 0.691. The van der Waals surface area contributed by atoms with Crippen LogP contribution in [0.3, 0.4) is 0 Å². The summed E-state index contributed by atoms with van der Waals surface area (Å²) < 4.78 is 0. The van der Waals surface area contributed by atoms with Gasteiger partial charge in [-0.05, 0) is 45.5 Å². The van der Waals surface area contributed by atoms with Crippen LogP contribution in [0.15, 0.2) is 36.6 Å². The molecular weight excluding hydrogens is 220 g/mol. The van der Waals surface area contributed by atoms with Crippen molar-refractivity contribution >= 4 is 0 Å². The Bertz CT molecular complexity index is 289. The number of nitrogens with zero attached hydrogens (tertiary/aromatic N) is 2. The molecule has 0 saturated heterocycles. The molecule has 2 rings (SSSR count). The van der Waals surface area contributed by atoms with E-state index in [0.717, 1.165) is 13.1 Å². The fourth-order valence-corrected chi connectivity index (χ4v) is 2.04. The zero-order valence-corrected chi connectivity index (χ0v) is 12.2. The van der Waals surface area contributed by atoms with Gasteiger partial charge in [-0.2, -0.15) is 0 Å². The van der Waals surface area contributed by atoms with E-state index in [0.29, 0.717) is 6.04 Å². The molecule has 2 heterocycles. The van der Waals surface area contributed by atoms with Gasteiger partial charge in [0.2, 0.25) is 0 Å². The highest BCUT2D eigenvalue weighted by Crippen LogP contribution is 2.04. The third-order valence-corrected chi connectivity index (χ3v) is 3.33. The van der Waals surface area contributed by atoms with Crippen molar-refractivity contribution in [3.63, 3.8) is 0 Å². The number of likely N-dealkylation sites (N-methyl/N-ethyl adjacent to an activating group) is 1. The van der Waals surface area contributed by atoms with Gasteiger partial charge in [0, 0.05) is 25.7 Å². The van der Waals surface area contributed by atoms with Crippen molar-refractivity contribution in [3.05, 3.63) is 36.6 Å². The molecule has 0 aromatic heterocycles. The van der Waals surface area contributed by atoms with E-state index < -0.39 is 0 Å². The topological polar surface area (TPSA) is 6.48 Å². The molecule has 0 N–H and O–H groups in total. The van der Waals surface area contributed by atoms with Crippen LogP contribution in [0.5, 0.6) is 0 Å². The first-order valence-corrected chi connectivity index (χ1v) is 7.20. The molecule has 0 atom stereocenters. The first-order chi connectivity index (χ1) is 8.74. The van der Waals surface area contributed by atoms with Crippen molar-refractivity contribution in [1.82, 2.24) is 9.80 Å². The van der Waals surface area contributed by atoms with E-state index in [4.69, 9.17) is 0 Å². The van der Waals surface area contributed by atoms with Crippen LogP contribution >= 0.6 is 0 Å². The summed E-state index contributed by atoms with van der Waals surface area (Å²) in [5.41, 5.74) is 0. The van der Waals surface area contributed by atoms with Gasteiger partial charge in [0.15, 0.2) is 0 Å². The predicted molar refractivity (Wildman–Crippen MR) is 80.6 cm³/mol. The van der Waals surface area contributed by atoms with Crippen LogP contribution < -0.4 is 0 Å². The normalized spacial score (nSPS) is 19.7. The summed E-state index contributed by atoms with van der Waals surface area (Å²) in [7, 11) is 0. The van der Waals surface area contributed by atoms with Crippen LogP contribution in [-0.4, -0.2) is 42.0 Å². The minimum Gasteiger partial charge on any atom is -0.375 e. The van der Waals surface area contributed by atoms with Gasteiger partial charge in [0.05, 0.1) is 0 Å². The van der Waals surface area contributed by atoms with Gasteiger partial charge in [-0.25, -0.2) is 0 Å². The molecule has 2 aliphatic heterocycles. The highest BCUT2D eigenvalue weighted by Gasteiger charge is 2.02. The van der Waals surface area contributed by atoms with E-state index in [1.54, 1.807) is 0 Å². The second-order valence-corrected chi connectivity index (χ2v) is 5.04. The molecule has 0 amide bonds. The second-order valence-electron chi connectivity index (χ2n) is 5.04. The van der Waals surface area contributed by atoms with Gasteiger partial charge in [0.1, 0.15) is 0 Å². The van der Waals surface area contributed by atoms with Crippen LogP contribution in [0.2, 0.25) is 0 Å². The fraction of sp³-hybridized carbons (Fsp3) is 0.625. The Labute approximate surface area is 113 Å². The number of hydrogen-bond acceptors (Lipinski definition) is 2. The molecule has 2 aliphatic rings. The lowest BCUT2D eigenvalue weighted by atomic mass is 10.2. The third-order valence-electron chi connectivity index (χ3n) is 3.33. The van der Waals surface area contributed by atoms with E-state index >= 15 is 0 Å². The molecule has 2 nitrogen and oxygen atoms in total. The lowest BCUT2D eigenvalue weighted by molar-refractivity contribution is 0.315. The van der Waals surface area contributed by atoms with Crippen molar-refractivity contribution in [2.45, 2.75) is 39.7 Å². The molecule has 0 saturated carbocycles. The molecule has 0 unspecified atom stereocenters. The largest absolute Gasteiger partial charge is 0.375 e. The summed E-state index contributed by atoms with van der Waals surface area (Å²) in [5, 5.41) is 0. The third kappa shape index (κ3) is 6.06. The van der Waals surface area contributed by atoms with Crippen LogP contribution in [0.4, 0.5) is 0 Å². The van der Waals surface area contributed by atoms with E-state index in [2.05, 4.69) is 67.2 Å². The summed E-state index contributed by atoms with van der Waals surface area (Å²) in [6, 6.07) is 0.635. The number of allylic oxidation sites excluding steroid dienone is 2. The van der Waals surface area contributed by atoms with Crippen molar-refractivity contribution in [2.24, 2.45) is 0 Å². The van der Waals surface area contributed by atoms with Crippen molar-refractivity contribution in [1.29, 1.82) is 0 Å². The Morgan fingerprint density at radius 3 is 2.33 bits per heavy atom. The Morgan fingerprint density at radius 2 is 1.78 bits per heavy atom. The van der Waals surface area contributed by atoms with E-state index in [1.807, 2.05) is 0 Å². The molecule has 0 fully saturated rings. The SMILES string of the molecule is CC(C)N1C=CC=CCC1.CCN1CC=CCC1. The Morgan fingerprint density at radius 1 is 1.00 bits per heavy atom. The van der Waals surface area contributed by atoms with Gasteiger partial charge in [-0.3, -0.25) is 4.90 Å². The number of rotatable bonds is 2. The molecule has 0 spiro atoms. The highest BCUT2D eigenvalue weighted by molar-refractivity contribution is 5.05. The van der Waals surface area contributed by atoms with Gasteiger partial charge < -0.3 is 4.90 Å². The molecule has 2 heteroatoms. The molecule has 0 radical (unpaired) electrons. The average molecular weight is 248 g/mol. The monoisotopic (exact) mass is 248 g/mol. The summed E-state index contributed by atoms with van der Waals surface area (Å²) in [5.74, 6) is 0. The first kappa shape index (κ1) is 15.0. The molecule has 0 bridgehead atoms. The molecule has 18 heavy (non-hydrogen) atoms. The van der Waals surface area contributed by atoms with Crippen LogP contribution in [0.1, 0.15) is 33.6 Å². The summed E-state index contributed by atoms with van der Waals surface area (Å²) in [4.78, 5) is 4.78. The lowest BCUT2D eigenvalue weighted by Gasteiger charge is -2.22. The number of hydrogen-bond donors (Lipinski definition) is 0. The van der Waals surface area contributed by atoms with Gasteiger partial charge >= 0.3 is 0 Å². The first-order valence-electron chi connectivity index (χ1n) is 7.20. The maximum absolute atomic E-state index is 2.43. The molecule has 0 aromatic carbocycles. The van der Waals surface area contributed by atoms with Gasteiger partial charge in [-0.15, -0.1) is 0 Å². The Hall–Kier alpha value is -1.02. The average Bonchev–Trinajstić information content (AvgIpc) is 2.69. The predicted octanol–water partition coefficient (Wildman–Crippen LogP) is 3.44. The standard InChI is InChI=1S/C9H15N.C7H13N/c1-9(2)10-7-5-3-4-6-8-10;1-2-8-6-4-3-5-7-8/h3-5,7,9H,6,8H2,1-2H3;3-4H,2,5-7H2,1H3. The molecule has 102 valence electrons. The zero-order valence-electron chi connectivity index (χ0n) is 12.2.